The van der Waals surface area contributed by atoms with Gasteiger partial charge in [-0.3, -0.25) is 4.79 Å². The number of esters is 1. The number of rotatable bonds is 7. The summed E-state index contributed by atoms with van der Waals surface area (Å²) in [5, 5.41) is 3.47. The fourth-order valence-corrected chi connectivity index (χ4v) is 2.40. The first-order valence-corrected chi connectivity index (χ1v) is 7.07. The number of benzene rings is 1. The molecule has 0 aliphatic heterocycles. The van der Waals surface area contributed by atoms with Crippen LogP contribution in [0.15, 0.2) is 30.3 Å². The molecule has 104 valence electrons. The van der Waals surface area contributed by atoms with Crippen molar-refractivity contribution in [3.05, 3.63) is 35.9 Å². The maximum absolute atomic E-state index is 12.2. The maximum atomic E-state index is 12.2. The molecule has 1 atom stereocenters. The number of hydrogen-bond acceptors (Lipinski definition) is 3. The molecule has 1 aliphatic rings. The average Bonchev–Trinajstić information content (AvgIpc) is 3.28. The quantitative estimate of drug-likeness (QED) is 0.767. The van der Waals surface area contributed by atoms with Crippen molar-refractivity contribution < 1.29 is 9.53 Å². The molecule has 1 aromatic rings. The monoisotopic (exact) mass is 261 g/mol. The van der Waals surface area contributed by atoms with Gasteiger partial charge < -0.3 is 10.1 Å². The Morgan fingerprint density at radius 3 is 2.58 bits per heavy atom. The number of ether oxygens (including phenoxy) is 1. The van der Waals surface area contributed by atoms with E-state index in [-0.39, 0.29) is 5.97 Å². The van der Waals surface area contributed by atoms with E-state index in [1.165, 1.54) is 20.0 Å². The molecule has 1 saturated carbocycles. The minimum absolute atomic E-state index is 0.153. The third-order valence-electron chi connectivity index (χ3n) is 3.95. The molecular formula is C16H23NO2. The normalized spacial score (nSPS) is 17.8. The Morgan fingerprint density at radius 1 is 1.37 bits per heavy atom. The van der Waals surface area contributed by atoms with Crippen LogP contribution >= 0.6 is 0 Å². The van der Waals surface area contributed by atoms with E-state index in [1.54, 1.807) is 0 Å². The maximum Gasteiger partial charge on any atom is 0.326 e. The van der Waals surface area contributed by atoms with E-state index < -0.39 is 5.54 Å². The van der Waals surface area contributed by atoms with Crippen LogP contribution < -0.4 is 5.32 Å². The summed E-state index contributed by atoms with van der Waals surface area (Å²) in [4.78, 5) is 12.2. The van der Waals surface area contributed by atoms with Gasteiger partial charge in [-0.1, -0.05) is 37.3 Å². The van der Waals surface area contributed by atoms with Crippen LogP contribution in [0.2, 0.25) is 0 Å². The van der Waals surface area contributed by atoms with Crippen molar-refractivity contribution in [2.24, 2.45) is 5.92 Å². The van der Waals surface area contributed by atoms with Gasteiger partial charge in [-0.15, -0.1) is 0 Å². The predicted molar refractivity (Wildman–Crippen MR) is 75.9 cm³/mol. The van der Waals surface area contributed by atoms with Gasteiger partial charge in [0.05, 0.1) is 7.11 Å². The van der Waals surface area contributed by atoms with Crippen molar-refractivity contribution in [2.45, 2.75) is 38.1 Å². The van der Waals surface area contributed by atoms with Crippen LogP contribution in [0, 0.1) is 5.92 Å². The fourth-order valence-electron chi connectivity index (χ4n) is 2.40. The average molecular weight is 261 g/mol. The van der Waals surface area contributed by atoms with Gasteiger partial charge in [0.1, 0.15) is 5.54 Å². The van der Waals surface area contributed by atoms with Crippen molar-refractivity contribution in [1.29, 1.82) is 0 Å². The third-order valence-corrected chi connectivity index (χ3v) is 3.95. The number of methoxy groups -OCH3 is 1. The van der Waals surface area contributed by atoms with Gasteiger partial charge in [0.25, 0.3) is 0 Å². The van der Waals surface area contributed by atoms with E-state index >= 15 is 0 Å². The molecule has 3 heteroatoms. The lowest BCUT2D eigenvalue weighted by atomic mass is 9.88. The Balaban J connectivity index is 2.12. The molecule has 1 unspecified atom stereocenters. The minimum atomic E-state index is -0.585. The Bertz CT molecular complexity index is 414. The van der Waals surface area contributed by atoms with Crippen LogP contribution in [0.3, 0.4) is 0 Å². The lowest BCUT2D eigenvalue weighted by Crippen LogP contribution is -2.54. The molecular weight excluding hydrogens is 238 g/mol. The third kappa shape index (κ3) is 3.57. The van der Waals surface area contributed by atoms with E-state index in [9.17, 15) is 4.79 Å². The number of carbonyl (C=O) groups excluding carboxylic acids is 1. The van der Waals surface area contributed by atoms with Gasteiger partial charge in [-0.05, 0) is 37.3 Å². The summed E-state index contributed by atoms with van der Waals surface area (Å²) in [6.45, 7) is 2.95. The zero-order valence-corrected chi connectivity index (χ0v) is 11.8. The second-order valence-electron chi connectivity index (χ2n) is 5.41. The van der Waals surface area contributed by atoms with Crippen molar-refractivity contribution in [3.8, 4) is 0 Å². The van der Waals surface area contributed by atoms with E-state index in [4.69, 9.17) is 4.74 Å². The lowest BCUT2D eigenvalue weighted by Gasteiger charge is -2.31. The predicted octanol–water partition coefficient (Wildman–Crippen LogP) is 2.55. The summed E-state index contributed by atoms with van der Waals surface area (Å²) in [6, 6.07) is 10.1. The first kappa shape index (κ1) is 14.1. The van der Waals surface area contributed by atoms with E-state index in [0.717, 1.165) is 24.4 Å². The highest BCUT2D eigenvalue weighted by molar-refractivity contribution is 5.81. The summed E-state index contributed by atoms with van der Waals surface area (Å²) in [5.41, 5.74) is 0.580. The van der Waals surface area contributed by atoms with Crippen molar-refractivity contribution >= 4 is 5.97 Å². The summed E-state index contributed by atoms with van der Waals surface area (Å²) < 4.78 is 5.03. The summed E-state index contributed by atoms with van der Waals surface area (Å²) in [7, 11) is 1.47. The van der Waals surface area contributed by atoms with Gasteiger partial charge in [0, 0.05) is 6.42 Å². The molecule has 0 amide bonds. The second-order valence-corrected chi connectivity index (χ2v) is 5.41. The van der Waals surface area contributed by atoms with E-state index in [2.05, 4.69) is 17.4 Å². The SMILES string of the molecule is CCC(Cc1ccccc1)(NCC1CC1)C(=O)OC. The molecule has 0 heterocycles. The highest BCUT2D eigenvalue weighted by Gasteiger charge is 2.39. The summed E-state index contributed by atoms with van der Waals surface area (Å²) in [6.07, 6.45) is 3.98. The van der Waals surface area contributed by atoms with E-state index in [0.29, 0.717) is 6.42 Å². The molecule has 0 saturated heterocycles. The minimum Gasteiger partial charge on any atom is -0.468 e. The van der Waals surface area contributed by atoms with Gasteiger partial charge in [0.2, 0.25) is 0 Å². The molecule has 0 bridgehead atoms. The molecule has 1 aliphatic carbocycles. The molecule has 0 aromatic heterocycles. The summed E-state index contributed by atoms with van der Waals surface area (Å²) >= 11 is 0. The number of hydrogen-bond donors (Lipinski definition) is 1. The largest absolute Gasteiger partial charge is 0.468 e. The summed E-state index contributed by atoms with van der Waals surface area (Å²) in [5.74, 6) is 0.589. The van der Waals surface area contributed by atoms with Crippen molar-refractivity contribution in [1.82, 2.24) is 5.32 Å². The highest BCUT2D eigenvalue weighted by Crippen LogP contribution is 2.29. The van der Waals surface area contributed by atoms with Gasteiger partial charge in [0.15, 0.2) is 0 Å². The van der Waals surface area contributed by atoms with Crippen LogP contribution in [-0.2, 0) is 16.0 Å². The first-order valence-electron chi connectivity index (χ1n) is 7.07. The molecule has 2 rings (SSSR count). The zero-order valence-electron chi connectivity index (χ0n) is 11.8. The van der Waals surface area contributed by atoms with Crippen LogP contribution in [0.1, 0.15) is 31.7 Å². The van der Waals surface area contributed by atoms with Crippen molar-refractivity contribution in [2.75, 3.05) is 13.7 Å². The fraction of sp³-hybridized carbons (Fsp3) is 0.562. The standard InChI is InChI=1S/C16H23NO2/c1-3-16(15(18)19-2,17-12-14-9-10-14)11-13-7-5-4-6-8-13/h4-8,14,17H,3,9-12H2,1-2H3. The van der Waals surface area contributed by atoms with Crippen LogP contribution in [-0.4, -0.2) is 25.2 Å². The smallest absolute Gasteiger partial charge is 0.326 e. The molecule has 3 nitrogen and oxygen atoms in total. The Morgan fingerprint density at radius 2 is 2.05 bits per heavy atom. The Labute approximate surface area is 115 Å². The van der Waals surface area contributed by atoms with Gasteiger partial charge in [-0.25, -0.2) is 0 Å². The molecule has 0 spiro atoms. The lowest BCUT2D eigenvalue weighted by molar-refractivity contribution is -0.148. The topological polar surface area (TPSA) is 38.3 Å². The number of carbonyl (C=O) groups is 1. The molecule has 1 fully saturated rings. The Kier molecular flexibility index (Phi) is 4.59. The van der Waals surface area contributed by atoms with Crippen LogP contribution in [0.4, 0.5) is 0 Å². The van der Waals surface area contributed by atoms with Gasteiger partial charge in [-0.2, -0.15) is 0 Å². The molecule has 19 heavy (non-hydrogen) atoms. The number of nitrogens with one attached hydrogen (secondary N) is 1. The van der Waals surface area contributed by atoms with Gasteiger partial charge >= 0.3 is 5.97 Å². The first-order chi connectivity index (χ1) is 9.20. The zero-order chi connectivity index (χ0) is 13.7. The van der Waals surface area contributed by atoms with Crippen LogP contribution in [0.25, 0.3) is 0 Å². The second kappa shape index (κ2) is 6.20. The van der Waals surface area contributed by atoms with Crippen molar-refractivity contribution in [3.63, 3.8) is 0 Å². The molecule has 1 aromatic carbocycles. The molecule has 1 N–H and O–H groups in total. The van der Waals surface area contributed by atoms with Crippen LogP contribution in [0.5, 0.6) is 0 Å². The van der Waals surface area contributed by atoms with E-state index in [1.807, 2.05) is 25.1 Å². The highest BCUT2D eigenvalue weighted by atomic mass is 16.5. The Hall–Kier alpha value is -1.35. The molecule has 0 radical (unpaired) electrons.